The van der Waals surface area contributed by atoms with E-state index in [0.29, 0.717) is 32.1 Å². The van der Waals surface area contributed by atoms with Crippen molar-refractivity contribution in [3.8, 4) is 0 Å². The van der Waals surface area contributed by atoms with Gasteiger partial charge in [0.1, 0.15) is 6.61 Å². The lowest BCUT2D eigenvalue weighted by Crippen LogP contribution is -2.63. The van der Waals surface area contributed by atoms with Crippen molar-refractivity contribution in [1.82, 2.24) is 0 Å². The molecule has 1 heterocycles. The molecule has 0 bridgehead atoms. The van der Waals surface area contributed by atoms with Gasteiger partial charge in [0.15, 0.2) is 23.5 Å². The van der Waals surface area contributed by atoms with Crippen LogP contribution in [0, 0.1) is 28.6 Å². The van der Waals surface area contributed by atoms with Crippen LogP contribution in [0.5, 0.6) is 0 Å². The van der Waals surface area contributed by atoms with E-state index in [4.69, 9.17) is 23.8 Å². The van der Waals surface area contributed by atoms with E-state index in [9.17, 15) is 28.7 Å². The van der Waals surface area contributed by atoms with E-state index < -0.39 is 63.0 Å². The molecule has 0 radical (unpaired) electrons. The molecule has 12 nitrogen and oxygen atoms in total. The Morgan fingerprint density at radius 1 is 1.23 bits per heavy atom. The van der Waals surface area contributed by atoms with Crippen LogP contribution >= 0.6 is 15.6 Å². The lowest BCUT2D eigenvalue weighted by molar-refractivity contribution is -0.200. The van der Waals surface area contributed by atoms with E-state index in [1.165, 1.54) is 0 Å². The number of hydrogen-bond donors (Lipinski definition) is 4. The van der Waals surface area contributed by atoms with Gasteiger partial charge in [0, 0.05) is 16.7 Å². The van der Waals surface area contributed by atoms with Crippen LogP contribution in [0.15, 0.2) is 23.8 Å². The molecule has 3 saturated carbocycles. The minimum atomic E-state index is -5.37. The Kier molecular flexibility index (Phi) is 7.37. The summed E-state index contributed by atoms with van der Waals surface area (Å²) in [6.45, 7) is 4.86. The summed E-state index contributed by atoms with van der Waals surface area (Å²) in [5.41, 5.74) is -2.06. The van der Waals surface area contributed by atoms with Gasteiger partial charge in [0.2, 0.25) is 0 Å². The quantitative estimate of drug-likeness (QED) is 0.303. The smallest absolute Gasteiger partial charge is 0.393 e. The molecule has 218 valence electrons. The van der Waals surface area contributed by atoms with Gasteiger partial charge in [-0.2, -0.15) is 4.31 Å². The summed E-state index contributed by atoms with van der Waals surface area (Å²) in [6.07, 6.45) is 6.10. The fourth-order valence-corrected chi connectivity index (χ4v) is 9.96. The van der Waals surface area contributed by atoms with Crippen LogP contribution in [-0.2, 0) is 37.0 Å². The molecule has 4 N–H and O–H groups in total. The molecule has 39 heavy (non-hydrogen) atoms. The molecule has 5 aliphatic rings. The van der Waals surface area contributed by atoms with Crippen molar-refractivity contribution >= 4 is 27.2 Å². The van der Waals surface area contributed by atoms with Gasteiger partial charge in [0.05, 0.1) is 12.2 Å². The number of carbonyl (C=O) groups excluding carboxylic acids is 2. The maximum absolute atomic E-state index is 13.9. The molecule has 0 spiro atoms. The summed E-state index contributed by atoms with van der Waals surface area (Å²) in [7, 11) is -10.6. The average Bonchev–Trinajstić information content (AvgIpc) is 3.28. The molecule has 10 atom stereocenters. The van der Waals surface area contributed by atoms with Crippen LogP contribution in [0.3, 0.4) is 0 Å². The van der Waals surface area contributed by atoms with Gasteiger partial charge in [-0.3, -0.25) is 14.1 Å². The number of carbonyl (C=O) groups is 2. The second kappa shape index (κ2) is 9.76. The van der Waals surface area contributed by atoms with Crippen molar-refractivity contribution in [2.24, 2.45) is 28.6 Å². The van der Waals surface area contributed by atoms with E-state index in [2.05, 4.69) is 4.31 Å². The van der Waals surface area contributed by atoms with Crippen LogP contribution in [0.4, 0.5) is 0 Å². The third-order valence-electron chi connectivity index (χ3n) is 9.80. The molecular formula is C25H36O12P2. The number of ether oxygens (including phenoxy) is 2. The molecule has 0 amide bonds. The fraction of sp³-hybridized carbons (Fsp3) is 0.760. The molecule has 14 heteroatoms. The Morgan fingerprint density at radius 3 is 2.62 bits per heavy atom. The number of phosphoric ester groups is 1. The van der Waals surface area contributed by atoms with Crippen LogP contribution in [-0.4, -0.2) is 62.1 Å². The Labute approximate surface area is 226 Å². The molecule has 0 aromatic rings. The molecule has 2 unspecified atom stereocenters. The number of rotatable bonds is 8. The molecule has 0 aromatic heterocycles. The van der Waals surface area contributed by atoms with E-state index in [0.717, 1.165) is 5.57 Å². The van der Waals surface area contributed by atoms with E-state index in [1.54, 1.807) is 12.2 Å². The Hall–Kier alpha value is -1.04. The van der Waals surface area contributed by atoms with E-state index in [-0.39, 0.29) is 30.0 Å². The number of aliphatic hydroxyl groups is 1. The lowest BCUT2D eigenvalue weighted by Gasteiger charge is -2.59. The summed E-state index contributed by atoms with van der Waals surface area (Å²) in [6, 6.07) is 0. The van der Waals surface area contributed by atoms with Gasteiger partial charge in [-0.1, -0.05) is 38.8 Å². The maximum Gasteiger partial charge on any atom is 0.481 e. The van der Waals surface area contributed by atoms with Gasteiger partial charge in [-0.25, -0.2) is 9.13 Å². The first kappa shape index (κ1) is 29.5. The van der Waals surface area contributed by atoms with Crippen molar-refractivity contribution in [1.29, 1.82) is 0 Å². The molecule has 4 fully saturated rings. The monoisotopic (exact) mass is 590 g/mol. The summed E-state index contributed by atoms with van der Waals surface area (Å²) in [5.74, 6) is -1.10. The zero-order chi connectivity index (χ0) is 28.6. The first-order valence-electron chi connectivity index (χ1n) is 13.3. The van der Waals surface area contributed by atoms with Crippen molar-refractivity contribution in [2.45, 2.75) is 83.4 Å². The maximum atomic E-state index is 13.9. The number of phosphoric acid groups is 2. The van der Waals surface area contributed by atoms with E-state index in [1.807, 2.05) is 26.8 Å². The van der Waals surface area contributed by atoms with Crippen molar-refractivity contribution in [2.75, 3.05) is 6.61 Å². The fourth-order valence-electron chi connectivity index (χ4n) is 8.41. The SMILES string of the molecule is CCCC1O[C@@H]2C[C@H]3[C@@H]4CCC5=CC(=O)C=C[C@]5(C)[C@H]4[C@@H](O)C[C@]3(C)[C@]2(C(=O)COP(=O)(O)OP(=O)(O)O)O1. The Morgan fingerprint density at radius 2 is 1.95 bits per heavy atom. The van der Waals surface area contributed by atoms with Gasteiger partial charge in [0.25, 0.3) is 0 Å². The minimum Gasteiger partial charge on any atom is -0.393 e. The van der Waals surface area contributed by atoms with Gasteiger partial charge in [-0.05, 0) is 56.1 Å². The van der Waals surface area contributed by atoms with Crippen LogP contribution in [0.25, 0.3) is 0 Å². The van der Waals surface area contributed by atoms with Crippen molar-refractivity contribution in [3.05, 3.63) is 23.8 Å². The molecule has 4 aliphatic carbocycles. The topological polar surface area (TPSA) is 186 Å². The molecule has 5 rings (SSSR count). The molecule has 1 aliphatic heterocycles. The number of aliphatic hydroxyl groups excluding tert-OH is 1. The highest BCUT2D eigenvalue weighted by atomic mass is 31.3. The first-order valence-corrected chi connectivity index (χ1v) is 16.3. The predicted octanol–water partition coefficient (Wildman–Crippen LogP) is 2.95. The second-order valence-corrected chi connectivity index (χ2v) is 14.7. The number of hydrogen-bond acceptors (Lipinski definition) is 9. The zero-order valence-electron chi connectivity index (χ0n) is 22.1. The largest absolute Gasteiger partial charge is 0.481 e. The zero-order valence-corrected chi connectivity index (χ0v) is 23.9. The summed E-state index contributed by atoms with van der Waals surface area (Å²) < 4.78 is 44.4. The third kappa shape index (κ3) is 4.71. The van der Waals surface area contributed by atoms with Crippen LogP contribution in [0.1, 0.15) is 59.3 Å². The van der Waals surface area contributed by atoms with Crippen LogP contribution in [0.2, 0.25) is 0 Å². The normalized spacial score (nSPS) is 44.6. The number of fused-ring (bicyclic) bond motifs is 7. The minimum absolute atomic E-state index is 0.0197. The standard InChI is InChI=1S/C25H36O12P2/c1-4-5-21-35-20-11-17-16-7-6-14-10-15(26)8-9-23(14,2)22(16)18(27)12-24(17,3)25(20,36-21)19(28)13-34-39(32,33)37-38(29,30)31/h8-10,16-18,20-22,27H,4-7,11-13H2,1-3H3,(H,32,33)(H2,29,30,31)/t16-,17-,18-,20+,21?,22+,23-,24-,25+/m0/s1. The predicted molar refractivity (Wildman–Crippen MR) is 135 cm³/mol. The van der Waals surface area contributed by atoms with E-state index >= 15 is 0 Å². The molecule has 1 saturated heterocycles. The Balaban J connectivity index is 1.48. The number of Topliss-reactive ketones (excluding diaryl/α,β-unsaturated/α-hetero) is 1. The van der Waals surface area contributed by atoms with Gasteiger partial charge >= 0.3 is 15.6 Å². The summed E-state index contributed by atoms with van der Waals surface area (Å²) in [4.78, 5) is 53.6. The number of ketones is 2. The number of allylic oxidation sites excluding steroid dienone is 4. The summed E-state index contributed by atoms with van der Waals surface area (Å²) in [5, 5.41) is 11.7. The van der Waals surface area contributed by atoms with Crippen LogP contribution < -0.4 is 0 Å². The van der Waals surface area contributed by atoms with Gasteiger partial charge < -0.3 is 29.3 Å². The highest BCUT2D eigenvalue weighted by Gasteiger charge is 2.75. The molecule has 0 aromatic carbocycles. The first-order chi connectivity index (χ1) is 18.1. The van der Waals surface area contributed by atoms with Gasteiger partial charge in [-0.15, -0.1) is 0 Å². The summed E-state index contributed by atoms with van der Waals surface area (Å²) >= 11 is 0. The highest BCUT2D eigenvalue weighted by molar-refractivity contribution is 7.60. The molecular weight excluding hydrogens is 554 g/mol. The lowest BCUT2D eigenvalue weighted by atomic mass is 9.46. The van der Waals surface area contributed by atoms with Crippen molar-refractivity contribution < 1.29 is 56.8 Å². The third-order valence-corrected chi connectivity index (χ3v) is 11.9. The highest BCUT2D eigenvalue weighted by Crippen LogP contribution is 2.70. The van der Waals surface area contributed by atoms with Crippen molar-refractivity contribution in [3.63, 3.8) is 0 Å². The second-order valence-electron chi connectivity index (χ2n) is 11.9. The average molecular weight is 590 g/mol. The Bertz CT molecular complexity index is 1210.